The first-order chi connectivity index (χ1) is 14.5. The Hall–Kier alpha value is -2.77. The Morgan fingerprint density at radius 3 is 2.87 bits per heavy atom. The highest BCUT2D eigenvalue weighted by atomic mass is 32.1. The summed E-state index contributed by atoms with van der Waals surface area (Å²) in [5.74, 6) is -0.466. The number of hydrogen-bond acceptors (Lipinski definition) is 5. The van der Waals surface area contributed by atoms with Crippen LogP contribution in [0.15, 0.2) is 42.5 Å². The topological polar surface area (TPSA) is 72.7 Å². The van der Waals surface area contributed by atoms with Crippen molar-refractivity contribution in [2.24, 2.45) is 0 Å². The minimum absolute atomic E-state index is 0.0527. The normalized spacial score (nSPS) is 18.9. The van der Waals surface area contributed by atoms with Gasteiger partial charge in [0.1, 0.15) is 6.04 Å². The second-order valence-electron chi connectivity index (χ2n) is 7.72. The van der Waals surface area contributed by atoms with Crippen LogP contribution in [-0.2, 0) is 9.53 Å². The first kappa shape index (κ1) is 20.5. The number of methoxy groups -OCH3 is 1. The molecule has 1 saturated heterocycles. The van der Waals surface area contributed by atoms with Crippen LogP contribution in [0.4, 0.5) is 5.69 Å². The Morgan fingerprint density at radius 2 is 2.07 bits per heavy atom. The summed E-state index contributed by atoms with van der Waals surface area (Å²) >= 11 is 1.73. The third kappa shape index (κ3) is 4.37. The second kappa shape index (κ2) is 8.93. The zero-order valence-corrected chi connectivity index (χ0v) is 18.1. The number of benzene rings is 2. The largest absolute Gasteiger partial charge is 0.465 e. The molecule has 156 valence electrons. The molecule has 3 aromatic rings. The van der Waals surface area contributed by atoms with Crippen molar-refractivity contribution in [3.63, 3.8) is 0 Å². The van der Waals surface area contributed by atoms with Crippen LogP contribution in [0.25, 0.3) is 10.2 Å². The van der Waals surface area contributed by atoms with E-state index in [2.05, 4.69) is 11.4 Å². The van der Waals surface area contributed by atoms with E-state index >= 15 is 0 Å². The van der Waals surface area contributed by atoms with Crippen molar-refractivity contribution in [2.45, 2.75) is 32.2 Å². The molecule has 0 radical (unpaired) electrons. The van der Waals surface area contributed by atoms with E-state index in [9.17, 15) is 9.59 Å². The average molecular weight is 425 g/mol. The minimum Gasteiger partial charge on any atom is -0.465 e. The molecule has 1 amide bonds. The van der Waals surface area contributed by atoms with Crippen LogP contribution in [0.2, 0.25) is 0 Å². The number of fused-ring (bicyclic) bond motifs is 1. The number of esters is 1. The van der Waals surface area contributed by atoms with Crippen molar-refractivity contribution in [2.75, 3.05) is 25.5 Å². The van der Waals surface area contributed by atoms with Gasteiger partial charge in [-0.05, 0) is 49.6 Å². The highest BCUT2D eigenvalue weighted by Crippen LogP contribution is 2.28. The number of quaternary nitrogens is 1. The molecule has 30 heavy (non-hydrogen) atoms. The zero-order chi connectivity index (χ0) is 21.1. The van der Waals surface area contributed by atoms with E-state index in [4.69, 9.17) is 9.72 Å². The molecule has 2 aromatic carbocycles. The number of aryl methyl sites for hydroxylation is 1. The third-order valence-corrected chi connectivity index (χ3v) is 6.81. The van der Waals surface area contributed by atoms with E-state index in [1.165, 1.54) is 16.7 Å². The van der Waals surface area contributed by atoms with E-state index < -0.39 is 5.97 Å². The van der Waals surface area contributed by atoms with Crippen LogP contribution in [0.5, 0.6) is 0 Å². The number of ether oxygens (including phenoxy) is 1. The van der Waals surface area contributed by atoms with Gasteiger partial charge in [-0.1, -0.05) is 18.2 Å². The highest BCUT2D eigenvalue weighted by Gasteiger charge is 2.32. The molecule has 4 rings (SSSR count). The standard InChI is InChI=1S/C23H25N3O3S/c1-15-10-11-16(23(28)29-2)13-18(15)24-21(27)14-26-12-6-5-8-19(26)22-25-17-7-3-4-9-20(17)30-22/h3-4,7,9-11,13,19H,5-6,8,12,14H2,1-2H3,(H,24,27)/p+1/t19-/m1/s1. The van der Waals surface area contributed by atoms with Crippen molar-refractivity contribution in [3.05, 3.63) is 58.6 Å². The molecule has 2 atom stereocenters. The molecule has 1 aromatic heterocycles. The number of anilines is 1. The first-order valence-corrected chi connectivity index (χ1v) is 11.1. The number of carbonyl (C=O) groups excluding carboxylic acids is 2. The number of hydrogen-bond donors (Lipinski definition) is 2. The number of thiazole rings is 1. The second-order valence-corrected chi connectivity index (χ2v) is 8.78. The van der Waals surface area contributed by atoms with E-state index in [0.717, 1.165) is 41.9 Å². The lowest BCUT2D eigenvalue weighted by Crippen LogP contribution is -3.14. The predicted octanol–water partition coefficient (Wildman–Crippen LogP) is 3.14. The van der Waals surface area contributed by atoms with Gasteiger partial charge < -0.3 is 15.0 Å². The molecule has 7 heteroatoms. The molecule has 0 aliphatic carbocycles. The Balaban J connectivity index is 1.49. The molecule has 2 N–H and O–H groups in total. The fraction of sp³-hybridized carbons (Fsp3) is 0.348. The van der Waals surface area contributed by atoms with Crippen molar-refractivity contribution in [1.29, 1.82) is 0 Å². The van der Waals surface area contributed by atoms with Gasteiger partial charge in [-0.15, -0.1) is 11.3 Å². The van der Waals surface area contributed by atoms with Crippen molar-refractivity contribution >= 4 is 39.1 Å². The maximum Gasteiger partial charge on any atom is 0.337 e. The van der Waals surface area contributed by atoms with Crippen LogP contribution < -0.4 is 10.2 Å². The molecule has 1 unspecified atom stereocenters. The highest BCUT2D eigenvalue weighted by molar-refractivity contribution is 7.18. The molecule has 0 bridgehead atoms. The monoisotopic (exact) mass is 424 g/mol. The quantitative estimate of drug-likeness (QED) is 0.617. The predicted molar refractivity (Wildman–Crippen MR) is 118 cm³/mol. The Morgan fingerprint density at radius 1 is 1.23 bits per heavy atom. The smallest absolute Gasteiger partial charge is 0.337 e. The molecular formula is C23H26N3O3S+. The molecule has 2 heterocycles. The molecule has 6 nitrogen and oxygen atoms in total. The molecule has 1 aliphatic heterocycles. The lowest BCUT2D eigenvalue weighted by Gasteiger charge is -2.30. The van der Waals surface area contributed by atoms with Crippen LogP contribution in [0.3, 0.4) is 0 Å². The zero-order valence-electron chi connectivity index (χ0n) is 17.2. The van der Waals surface area contributed by atoms with Gasteiger partial charge in [-0.2, -0.15) is 0 Å². The van der Waals surface area contributed by atoms with Gasteiger partial charge in [0.15, 0.2) is 11.6 Å². The Bertz CT molecular complexity index is 1050. The van der Waals surface area contributed by atoms with Crippen molar-refractivity contribution in [1.82, 2.24) is 4.98 Å². The molecule has 1 aliphatic rings. The van der Waals surface area contributed by atoms with Crippen molar-refractivity contribution < 1.29 is 19.2 Å². The number of nitrogens with zero attached hydrogens (tertiary/aromatic N) is 1. The summed E-state index contributed by atoms with van der Waals surface area (Å²) in [6.45, 7) is 3.24. The summed E-state index contributed by atoms with van der Waals surface area (Å²) in [6, 6.07) is 13.6. The fourth-order valence-corrected chi connectivity index (χ4v) is 5.19. The SMILES string of the molecule is COC(=O)c1ccc(C)c(NC(=O)C[NH+]2CCCC[C@@H]2c2nc3ccccc3s2)c1. The fourth-order valence-electron chi connectivity index (χ4n) is 4.03. The molecule has 0 spiro atoms. The van der Waals surface area contributed by atoms with E-state index in [-0.39, 0.29) is 11.9 Å². The lowest BCUT2D eigenvalue weighted by atomic mass is 10.0. The average Bonchev–Trinajstić information content (AvgIpc) is 3.19. The number of rotatable bonds is 5. The van der Waals surface area contributed by atoms with Gasteiger partial charge in [0.05, 0.1) is 29.4 Å². The summed E-state index contributed by atoms with van der Waals surface area (Å²) in [6.07, 6.45) is 3.31. The van der Waals surface area contributed by atoms with Gasteiger partial charge in [0, 0.05) is 12.1 Å². The number of aromatic nitrogens is 1. The van der Waals surface area contributed by atoms with Crippen LogP contribution in [0, 0.1) is 6.92 Å². The number of carbonyl (C=O) groups is 2. The summed E-state index contributed by atoms with van der Waals surface area (Å²) < 4.78 is 5.98. The van der Waals surface area contributed by atoms with Crippen LogP contribution >= 0.6 is 11.3 Å². The van der Waals surface area contributed by atoms with Crippen LogP contribution in [-0.4, -0.2) is 37.1 Å². The summed E-state index contributed by atoms with van der Waals surface area (Å²) in [7, 11) is 1.35. The van der Waals surface area contributed by atoms with E-state index in [1.54, 1.807) is 23.5 Å². The Labute approximate surface area is 179 Å². The van der Waals surface area contributed by atoms with Crippen LogP contribution in [0.1, 0.15) is 46.2 Å². The number of piperidine rings is 1. The van der Waals surface area contributed by atoms with Gasteiger partial charge >= 0.3 is 5.97 Å². The number of para-hydroxylation sites is 1. The van der Waals surface area contributed by atoms with Crippen molar-refractivity contribution in [3.8, 4) is 0 Å². The molecular weight excluding hydrogens is 398 g/mol. The number of nitrogens with one attached hydrogen (secondary N) is 2. The van der Waals surface area contributed by atoms with Gasteiger partial charge in [-0.25, -0.2) is 9.78 Å². The summed E-state index contributed by atoms with van der Waals surface area (Å²) in [5.41, 5.74) is 3.02. The maximum absolute atomic E-state index is 12.9. The van der Waals surface area contributed by atoms with E-state index in [1.807, 2.05) is 31.2 Å². The minimum atomic E-state index is -0.414. The number of amides is 1. The van der Waals surface area contributed by atoms with E-state index in [0.29, 0.717) is 17.8 Å². The summed E-state index contributed by atoms with van der Waals surface area (Å²) in [5, 5.41) is 4.10. The molecule has 0 saturated carbocycles. The van der Waals surface area contributed by atoms with Gasteiger partial charge in [-0.3, -0.25) is 4.79 Å². The third-order valence-electron chi connectivity index (χ3n) is 5.66. The van der Waals surface area contributed by atoms with Gasteiger partial charge in [0.25, 0.3) is 5.91 Å². The summed E-state index contributed by atoms with van der Waals surface area (Å²) in [4.78, 5) is 30.8. The van der Waals surface area contributed by atoms with Gasteiger partial charge in [0.2, 0.25) is 0 Å². The Kier molecular flexibility index (Phi) is 6.11. The molecule has 1 fully saturated rings. The number of likely N-dealkylation sites (tertiary alicyclic amines) is 1. The maximum atomic E-state index is 12.9. The lowest BCUT2D eigenvalue weighted by molar-refractivity contribution is -0.929. The first-order valence-electron chi connectivity index (χ1n) is 10.2.